The van der Waals surface area contributed by atoms with Gasteiger partial charge in [-0.3, -0.25) is 4.79 Å². The number of nitrogens with zero attached hydrogens (tertiary/aromatic N) is 2. The lowest BCUT2D eigenvalue weighted by Gasteiger charge is -2.28. The van der Waals surface area contributed by atoms with Gasteiger partial charge in [-0.2, -0.15) is 0 Å². The highest BCUT2D eigenvalue weighted by Gasteiger charge is 2.34. The summed E-state index contributed by atoms with van der Waals surface area (Å²) in [6, 6.07) is 0. The minimum absolute atomic E-state index is 0.172. The topological polar surface area (TPSA) is 67.2 Å². The summed E-state index contributed by atoms with van der Waals surface area (Å²) in [6.45, 7) is 6.31. The van der Waals surface area contributed by atoms with Crippen LogP contribution in [0.3, 0.4) is 0 Å². The van der Waals surface area contributed by atoms with E-state index in [0.29, 0.717) is 13.0 Å². The molecule has 0 aliphatic rings. The Hall–Kier alpha value is -1.01. The molecule has 0 saturated heterocycles. The second-order valence-electron chi connectivity index (χ2n) is 4.62. The van der Waals surface area contributed by atoms with Gasteiger partial charge in [-0.05, 0) is 19.9 Å². The van der Waals surface area contributed by atoms with Crippen molar-refractivity contribution in [1.29, 1.82) is 0 Å². The van der Waals surface area contributed by atoms with Gasteiger partial charge in [0.15, 0.2) is 5.16 Å². The normalized spacial score (nSPS) is 16.2. The largest absolute Gasteiger partial charge is 0.480 e. The van der Waals surface area contributed by atoms with Gasteiger partial charge in [-0.15, -0.1) is 0 Å². The molecule has 18 heavy (non-hydrogen) atoms. The van der Waals surface area contributed by atoms with E-state index in [0.717, 1.165) is 5.16 Å². The van der Waals surface area contributed by atoms with Crippen molar-refractivity contribution in [3.8, 4) is 0 Å². The molecule has 0 aliphatic heterocycles. The summed E-state index contributed by atoms with van der Waals surface area (Å²) in [7, 11) is 1.93. The maximum absolute atomic E-state index is 11.3. The molecule has 102 valence electrons. The van der Waals surface area contributed by atoms with Crippen LogP contribution >= 0.6 is 11.8 Å². The Balaban J connectivity index is 2.65. The number of carboxylic acid groups (broad SMARTS) is 1. The van der Waals surface area contributed by atoms with Crippen LogP contribution in [0.5, 0.6) is 0 Å². The lowest BCUT2D eigenvalue weighted by molar-refractivity contribution is -0.144. The van der Waals surface area contributed by atoms with E-state index in [1.807, 2.05) is 31.7 Å². The van der Waals surface area contributed by atoms with Crippen LogP contribution in [0.15, 0.2) is 17.6 Å². The molecule has 0 saturated carbocycles. The average Bonchev–Trinajstić information content (AvgIpc) is 2.64. The Morgan fingerprint density at radius 3 is 2.83 bits per heavy atom. The number of imidazole rings is 1. The number of rotatable bonds is 7. The van der Waals surface area contributed by atoms with Crippen LogP contribution < -0.4 is 5.32 Å². The minimum atomic E-state index is -0.883. The fraction of sp³-hybridized carbons (Fsp3) is 0.667. The minimum Gasteiger partial charge on any atom is -0.480 e. The van der Waals surface area contributed by atoms with Crippen molar-refractivity contribution < 1.29 is 9.90 Å². The van der Waals surface area contributed by atoms with Crippen molar-refractivity contribution in [2.24, 2.45) is 7.05 Å². The summed E-state index contributed by atoms with van der Waals surface area (Å²) in [4.78, 5) is 15.6. The van der Waals surface area contributed by atoms with Crippen LogP contribution in [0.1, 0.15) is 27.2 Å². The van der Waals surface area contributed by atoms with E-state index in [1.54, 1.807) is 24.9 Å². The van der Waals surface area contributed by atoms with Crippen LogP contribution in [0, 0.1) is 0 Å². The van der Waals surface area contributed by atoms with Gasteiger partial charge in [0.2, 0.25) is 0 Å². The Kier molecular flexibility index (Phi) is 5.22. The first kappa shape index (κ1) is 15.0. The summed E-state index contributed by atoms with van der Waals surface area (Å²) in [6.07, 6.45) is 4.18. The Morgan fingerprint density at radius 1 is 1.72 bits per heavy atom. The van der Waals surface area contributed by atoms with Gasteiger partial charge < -0.3 is 15.0 Å². The number of aromatic nitrogens is 2. The third-order valence-corrected chi connectivity index (χ3v) is 3.99. The fourth-order valence-corrected chi connectivity index (χ4v) is 3.01. The van der Waals surface area contributed by atoms with E-state index in [2.05, 4.69) is 10.3 Å². The SMILES string of the molecule is CCNC(C)(CC(C)Sc1nccn1C)C(=O)O. The van der Waals surface area contributed by atoms with Gasteiger partial charge in [0.1, 0.15) is 5.54 Å². The molecule has 0 spiro atoms. The molecule has 0 radical (unpaired) electrons. The first-order chi connectivity index (χ1) is 8.39. The van der Waals surface area contributed by atoms with Gasteiger partial charge in [0, 0.05) is 24.7 Å². The maximum atomic E-state index is 11.3. The standard InChI is InChI=1S/C12H21N3O2S/c1-5-14-12(3,10(16)17)8-9(2)18-11-13-6-7-15(11)4/h6-7,9,14H,5,8H2,1-4H3,(H,16,17). The molecule has 1 aromatic rings. The number of likely N-dealkylation sites (N-methyl/N-ethyl adjacent to an activating group) is 1. The predicted molar refractivity (Wildman–Crippen MR) is 72.9 cm³/mol. The molecule has 2 N–H and O–H groups in total. The third-order valence-electron chi connectivity index (χ3n) is 2.82. The summed E-state index contributed by atoms with van der Waals surface area (Å²) in [5.74, 6) is -0.809. The molecule has 2 atom stereocenters. The third kappa shape index (κ3) is 3.74. The predicted octanol–water partition coefficient (Wildman–Crippen LogP) is 1.74. The molecule has 0 aliphatic carbocycles. The fourth-order valence-electron chi connectivity index (χ4n) is 1.89. The molecule has 2 unspecified atom stereocenters. The highest BCUT2D eigenvalue weighted by Crippen LogP contribution is 2.27. The Bertz CT molecular complexity index is 408. The van der Waals surface area contributed by atoms with E-state index in [4.69, 9.17) is 0 Å². The van der Waals surface area contributed by atoms with Crippen molar-refractivity contribution in [3.05, 3.63) is 12.4 Å². The smallest absolute Gasteiger partial charge is 0.323 e. The molecule has 0 aromatic carbocycles. The van der Waals surface area contributed by atoms with Gasteiger partial charge >= 0.3 is 5.97 Å². The summed E-state index contributed by atoms with van der Waals surface area (Å²) >= 11 is 1.60. The quantitative estimate of drug-likeness (QED) is 0.739. The maximum Gasteiger partial charge on any atom is 0.323 e. The number of carbonyl (C=O) groups is 1. The van der Waals surface area contributed by atoms with E-state index >= 15 is 0 Å². The van der Waals surface area contributed by atoms with Crippen molar-refractivity contribution in [2.45, 2.75) is 43.1 Å². The molecule has 5 nitrogen and oxygen atoms in total. The Labute approximate surface area is 112 Å². The lowest BCUT2D eigenvalue weighted by Crippen LogP contribution is -2.50. The van der Waals surface area contributed by atoms with Crippen LogP contribution in [-0.2, 0) is 11.8 Å². The molecular weight excluding hydrogens is 250 g/mol. The number of hydrogen-bond acceptors (Lipinski definition) is 4. The number of nitrogens with one attached hydrogen (secondary N) is 1. The van der Waals surface area contributed by atoms with Crippen molar-refractivity contribution >= 4 is 17.7 Å². The van der Waals surface area contributed by atoms with Gasteiger partial charge in [0.25, 0.3) is 0 Å². The van der Waals surface area contributed by atoms with Gasteiger partial charge in [-0.1, -0.05) is 25.6 Å². The number of aliphatic carboxylic acids is 1. The van der Waals surface area contributed by atoms with Crippen LogP contribution in [0.4, 0.5) is 0 Å². The second-order valence-corrected chi connectivity index (χ2v) is 6.03. The summed E-state index contributed by atoms with van der Waals surface area (Å²) < 4.78 is 1.94. The van der Waals surface area contributed by atoms with Crippen molar-refractivity contribution in [2.75, 3.05) is 6.54 Å². The number of hydrogen-bond donors (Lipinski definition) is 2. The van der Waals surface area contributed by atoms with Crippen LogP contribution in [0.2, 0.25) is 0 Å². The molecule has 1 aromatic heterocycles. The van der Waals surface area contributed by atoms with Gasteiger partial charge in [-0.25, -0.2) is 4.98 Å². The van der Waals surface area contributed by atoms with E-state index in [9.17, 15) is 9.90 Å². The zero-order valence-electron chi connectivity index (χ0n) is 11.3. The zero-order valence-corrected chi connectivity index (χ0v) is 12.1. The first-order valence-electron chi connectivity index (χ1n) is 6.01. The molecule has 0 amide bonds. The number of aryl methyl sites for hydroxylation is 1. The van der Waals surface area contributed by atoms with E-state index in [1.165, 1.54) is 0 Å². The van der Waals surface area contributed by atoms with Crippen LogP contribution in [-0.4, -0.2) is 38.0 Å². The van der Waals surface area contributed by atoms with E-state index in [-0.39, 0.29) is 5.25 Å². The molecular formula is C12H21N3O2S. The average molecular weight is 271 g/mol. The number of thioether (sulfide) groups is 1. The van der Waals surface area contributed by atoms with Crippen LogP contribution in [0.25, 0.3) is 0 Å². The zero-order chi connectivity index (χ0) is 13.8. The molecule has 0 fully saturated rings. The monoisotopic (exact) mass is 271 g/mol. The molecule has 1 rings (SSSR count). The lowest BCUT2D eigenvalue weighted by atomic mass is 9.96. The highest BCUT2D eigenvalue weighted by atomic mass is 32.2. The summed E-state index contributed by atoms with van der Waals surface area (Å²) in [5, 5.41) is 13.4. The summed E-state index contributed by atoms with van der Waals surface area (Å²) in [5.41, 5.74) is -0.883. The molecule has 1 heterocycles. The molecule has 0 bridgehead atoms. The van der Waals surface area contributed by atoms with Gasteiger partial charge in [0.05, 0.1) is 0 Å². The molecule has 6 heteroatoms. The first-order valence-corrected chi connectivity index (χ1v) is 6.89. The van der Waals surface area contributed by atoms with Crippen molar-refractivity contribution in [3.63, 3.8) is 0 Å². The Morgan fingerprint density at radius 2 is 2.39 bits per heavy atom. The number of carboxylic acids is 1. The van der Waals surface area contributed by atoms with Crippen molar-refractivity contribution in [1.82, 2.24) is 14.9 Å². The highest BCUT2D eigenvalue weighted by molar-refractivity contribution is 7.99. The second kappa shape index (κ2) is 6.24. The van der Waals surface area contributed by atoms with E-state index < -0.39 is 11.5 Å².